The van der Waals surface area contributed by atoms with E-state index in [1.54, 1.807) is 44.7 Å². The average Bonchev–Trinajstić information content (AvgIpc) is 2.63. The van der Waals surface area contributed by atoms with Gasteiger partial charge in [-0.15, -0.1) is 0 Å². The molecule has 29 heavy (non-hydrogen) atoms. The number of nitrogens with zero attached hydrogens (tertiary/aromatic N) is 2. The molecule has 1 aromatic rings. The van der Waals surface area contributed by atoms with Gasteiger partial charge in [0, 0.05) is 18.5 Å². The molecular weight excluding hydrogens is 375 g/mol. The molecule has 7 heteroatoms. The van der Waals surface area contributed by atoms with Crippen LogP contribution in [0, 0.1) is 22.6 Å². The highest BCUT2D eigenvalue weighted by Gasteiger charge is 2.45. The van der Waals surface area contributed by atoms with Gasteiger partial charge in [0.15, 0.2) is 0 Å². The number of esters is 1. The van der Waals surface area contributed by atoms with E-state index in [9.17, 15) is 19.2 Å². The van der Waals surface area contributed by atoms with E-state index >= 15 is 0 Å². The summed E-state index contributed by atoms with van der Waals surface area (Å²) < 4.78 is 23.9. The first-order valence-electron chi connectivity index (χ1n) is 9.89. The summed E-state index contributed by atoms with van der Waals surface area (Å²) in [6.07, 6.45) is 0.553. The summed E-state index contributed by atoms with van der Waals surface area (Å²) in [6.45, 7) is 8.14. The standard InChI is InChI=1S/C22H29FN2O4/c1-5-28-19(26)14-22(18(15-24)16-6-8-17(23)9-7-16)10-12-25(13-11-22)20(27)29-21(2,3)4/h6-9,18H,5,10-14H2,1-4H3. The van der Waals surface area contributed by atoms with Crippen molar-refractivity contribution in [2.45, 2.75) is 58.5 Å². The molecule has 1 aliphatic rings. The number of hydrogen-bond donors (Lipinski definition) is 0. The van der Waals surface area contributed by atoms with E-state index in [0.29, 0.717) is 31.5 Å². The van der Waals surface area contributed by atoms with Gasteiger partial charge in [0.25, 0.3) is 0 Å². The molecule has 1 heterocycles. The molecule has 0 bridgehead atoms. The van der Waals surface area contributed by atoms with Gasteiger partial charge < -0.3 is 14.4 Å². The summed E-state index contributed by atoms with van der Waals surface area (Å²) in [7, 11) is 0. The number of likely N-dealkylation sites (tertiary alicyclic amines) is 1. The maximum Gasteiger partial charge on any atom is 0.410 e. The zero-order valence-corrected chi connectivity index (χ0v) is 17.5. The van der Waals surface area contributed by atoms with Gasteiger partial charge in [0.1, 0.15) is 11.4 Å². The lowest BCUT2D eigenvalue weighted by atomic mass is 9.65. The number of benzene rings is 1. The summed E-state index contributed by atoms with van der Waals surface area (Å²) in [5, 5.41) is 9.94. The number of nitriles is 1. The lowest BCUT2D eigenvalue weighted by Crippen LogP contribution is -2.47. The molecule has 0 aromatic heterocycles. The minimum absolute atomic E-state index is 0.0681. The van der Waals surface area contributed by atoms with Crippen LogP contribution in [0.15, 0.2) is 24.3 Å². The van der Waals surface area contributed by atoms with Crippen molar-refractivity contribution in [3.63, 3.8) is 0 Å². The lowest BCUT2D eigenvalue weighted by molar-refractivity contribution is -0.147. The predicted octanol–water partition coefficient (Wildman–Crippen LogP) is 4.40. The van der Waals surface area contributed by atoms with Gasteiger partial charge in [-0.25, -0.2) is 9.18 Å². The predicted molar refractivity (Wildman–Crippen MR) is 105 cm³/mol. The van der Waals surface area contributed by atoms with E-state index in [0.717, 1.165) is 0 Å². The molecule has 1 unspecified atom stereocenters. The van der Waals surface area contributed by atoms with Crippen LogP contribution in [-0.4, -0.2) is 42.3 Å². The maximum absolute atomic E-state index is 13.4. The molecule has 0 aliphatic carbocycles. The van der Waals surface area contributed by atoms with Crippen LogP contribution in [-0.2, 0) is 14.3 Å². The Morgan fingerprint density at radius 3 is 2.31 bits per heavy atom. The number of rotatable bonds is 5. The Morgan fingerprint density at radius 1 is 1.24 bits per heavy atom. The molecule has 0 spiro atoms. The third-order valence-electron chi connectivity index (χ3n) is 5.16. The van der Waals surface area contributed by atoms with Gasteiger partial charge in [0.05, 0.1) is 25.0 Å². The molecule has 1 atom stereocenters. The number of halogens is 1. The van der Waals surface area contributed by atoms with Crippen LogP contribution < -0.4 is 0 Å². The molecular formula is C22H29FN2O4. The number of hydrogen-bond acceptors (Lipinski definition) is 5. The fourth-order valence-electron chi connectivity index (χ4n) is 3.75. The van der Waals surface area contributed by atoms with Crippen molar-refractivity contribution in [1.82, 2.24) is 4.90 Å². The number of carbonyl (C=O) groups is 2. The molecule has 1 aromatic carbocycles. The zero-order valence-electron chi connectivity index (χ0n) is 17.5. The minimum Gasteiger partial charge on any atom is -0.466 e. The minimum atomic E-state index is -0.697. The second-order valence-corrected chi connectivity index (χ2v) is 8.43. The Morgan fingerprint density at radius 2 is 1.83 bits per heavy atom. The van der Waals surface area contributed by atoms with Gasteiger partial charge >= 0.3 is 12.1 Å². The number of amides is 1. The van der Waals surface area contributed by atoms with Crippen molar-refractivity contribution in [2.24, 2.45) is 5.41 Å². The SMILES string of the molecule is CCOC(=O)CC1(C(C#N)c2ccc(F)cc2)CCN(C(=O)OC(C)(C)C)CC1. The molecule has 0 N–H and O–H groups in total. The van der Waals surface area contributed by atoms with Gasteiger partial charge in [-0.3, -0.25) is 4.79 Å². The molecule has 158 valence electrons. The first-order chi connectivity index (χ1) is 13.6. The van der Waals surface area contributed by atoms with E-state index < -0.39 is 23.0 Å². The summed E-state index contributed by atoms with van der Waals surface area (Å²) >= 11 is 0. The van der Waals surface area contributed by atoms with Crippen molar-refractivity contribution < 1.29 is 23.5 Å². The van der Waals surface area contributed by atoms with Crippen LogP contribution in [0.4, 0.5) is 9.18 Å². The molecule has 0 saturated carbocycles. The smallest absolute Gasteiger partial charge is 0.410 e. The third kappa shape index (κ3) is 5.93. The topological polar surface area (TPSA) is 79.6 Å². The Balaban J connectivity index is 2.26. The Hall–Kier alpha value is -2.62. The van der Waals surface area contributed by atoms with Gasteiger partial charge in [-0.1, -0.05) is 12.1 Å². The van der Waals surface area contributed by atoms with Crippen LogP contribution >= 0.6 is 0 Å². The molecule has 1 fully saturated rings. The van der Waals surface area contributed by atoms with E-state index in [-0.39, 0.29) is 24.8 Å². The van der Waals surface area contributed by atoms with Crippen LogP contribution in [0.1, 0.15) is 58.4 Å². The Labute approximate surface area is 171 Å². The van der Waals surface area contributed by atoms with Crippen molar-refractivity contribution in [2.75, 3.05) is 19.7 Å². The van der Waals surface area contributed by atoms with E-state index in [1.807, 2.05) is 0 Å². The Kier molecular flexibility index (Phi) is 7.23. The highest BCUT2D eigenvalue weighted by atomic mass is 19.1. The van der Waals surface area contributed by atoms with Gasteiger partial charge in [-0.2, -0.15) is 5.26 Å². The van der Waals surface area contributed by atoms with Crippen LogP contribution in [0.25, 0.3) is 0 Å². The fraction of sp³-hybridized carbons (Fsp3) is 0.591. The van der Waals surface area contributed by atoms with Crippen molar-refractivity contribution in [3.05, 3.63) is 35.6 Å². The first kappa shape index (κ1) is 22.7. The largest absolute Gasteiger partial charge is 0.466 e. The van der Waals surface area contributed by atoms with Gasteiger partial charge in [0.2, 0.25) is 0 Å². The zero-order chi connectivity index (χ0) is 21.7. The lowest BCUT2D eigenvalue weighted by Gasteiger charge is -2.44. The Bertz CT molecular complexity index is 757. The van der Waals surface area contributed by atoms with E-state index in [2.05, 4.69) is 6.07 Å². The molecule has 6 nitrogen and oxygen atoms in total. The average molecular weight is 404 g/mol. The number of ether oxygens (including phenoxy) is 2. The highest BCUT2D eigenvalue weighted by molar-refractivity contribution is 5.71. The molecule has 0 radical (unpaired) electrons. The second kappa shape index (κ2) is 9.25. The fourth-order valence-corrected chi connectivity index (χ4v) is 3.75. The molecule has 2 rings (SSSR count). The summed E-state index contributed by atoms with van der Waals surface area (Å²) in [5.41, 5.74) is -0.638. The molecule has 1 saturated heterocycles. The quantitative estimate of drug-likeness (QED) is 0.680. The van der Waals surface area contributed by atoms with Crippen LogP contribution in [0.2, 0.25) is 0 Å². The molecule has 1 amide bonds. The second-order valence-electron chi connectivity index (χ2n) is 8.43. The van der Waals surface area contributed by atoms with E-state index in [4.69, 9.17) is 9.47 Å². The normalized spacial score (nSPS) is 17.2. The highest BCUT2D eigenvalue weighted by Crippen LogP contribution is 2.47. The number of carbonyl (C=O) groups excluding carboxylic acids is 2. The van der Waals surface area contributed by atoms with Crippen LogP contribution in [0.3, 0.4) is 0 Å². The van der Waals surface area contributed by atoms with Crippen molar-refractivity contribution >= 4 is 12.1 Å². The maximum atomic E-state index is 13.4. The summed E-state index contributed by atoms with van der Waals surface area (Å²) in [5.74, 6) is -1.38. The monoisotopic (exact) mass is 404 g/mol. The third-order valence-corrected chi connectivity index (χ3v) is 5.16. The van der Waals surface area contributed by atoms with E-state index in [1.165, 1.54) is 12.1 Å². The van der Waals surface area contributed by atoms with Gasteiger partial charge in [-0.05, 0) is 58.2 Å². The number of piperidine rings is 1. The summed E-state index contributed by atoms with van der Waals surface area (Å²) in [4.78, 5) is 26.3. The summed E-state index contributed by atoms with van der Waals surface area (Å²) in [6, 6.07) is 8.10. The van der Waals surface area contributed by atoms with Crippen molar-refractivity contribution in [3.8, 4) is 6.07 Å². The van der Waals surface area contributed by atoms with Crippen LogP contribution in [0.5, 0.6) is 0 Å². The van der Waals surface area contributed by atoms with Crippen molar-refractivity contribution in [1.29, 1.82) is 5.26 Å². The first-order valence-corrected chi connectivity index (χ1v) is 9.89. The molecule has 1 aliphatic heterocycles.